The predicted octanol–water partition coefficient (Wildman–Crippen LogP) is 0.393. The minimum absolute atomic E-state index is 0.0356. The van der Waals surface area contributed by atoms with Gasteiger partial charge in [-0.1, -0.05) is 10.3 Å². The zero-order valence-corrected chi connectivity index (χ0v) is 9.40. The van der Waals surface area contributed by atoms with Crippen LogP contribution < -0.4 is 11.1 Å². The van der Waals surface area contributed by atoms with E-state index in [2.05, 4.69) is 20.6 Å². The second-order valence-electron chi connectivity index (χ2n) is 3.49. The molecule has 1 aromatic rings. The number of aromatic nitrogens is 2. The molecule has 0 saturated heterocycles. The van der Waals surface area contributed by atoms with Crippen LogP contribution in [-0.4, -0.2) is 33.9 Å². The van der Waals surface area contributed by atoms with Crippen molar-refractivity contribution < 1.29 is 22.9 Å². The fourth-order valence-corrected chi connectivity index (χ4v) is 1.19. The van der Waals surface area contributed by atoms with Crippen molar-refractivity contribution in [2.75, 3.05) is 6.54 Å². The van der Waals surface area contributed by atoms with Gasteiger partial charge in [0.15, 0.2) is 11.7 Å². The Labute approximate surface area is 99.8 Å². The lowest BCUT2D eigenvalue weighted by Gasteiger charge is -2.18. The average Bonchev–Trinajstić information content (AvgIpc) is 2.68. The van der Waals surface area contributed by atoms with E-state index in [4.69, 9.17) is 15.5 Å². The zero-order valence-electron chi connectivity index (χ0n) is 9.40. The van der Waals surface area contributed by atoms with Crippen molar-refractivity contribution in [3.63, 3.8) is 0 Å². The quantitative estimate of drug-likeness (QED) is 0.308. The molecule has 0 bridgehead atoms. The number of halogens is 3. The summed E-state index contributed by atoms with van der Waals surface area (Å²) in [5.41, 5.74) is 4.98. The summed E-state index contributed by atoms with van der Waals surface area (Å²) < 4.78 is 42.3. The van der Waals surface area contributed by atoms with Crippen LogP contribution in [0, 0.1) is 12.8 Å². The Hall–Kier alpha value is -1.84. The Morgan fingerprint density at radius 3 is 2.72 bits per heavy atom. The van der Waals surface area contributed by atoms with Crippen LogP contribution in [0.25, 0.3) is 0 Å². The number of hydrogen-bond donors (Lipinski definition) is 3. The smallest absolute Gasteiger partial charge is 0.400 e. The Morgan fingerprint density at radius 1 is 1.61 bits per heavy atom. The number of nitrogens with two attached hydrogens (primary N) is 1. The molecule has 0 amide bonds. The highest BCUT2D eigenvalue weighted by molar-refractivity contribution is 5.83. The molecule has 0 spiro atoms. The molecule has 7 nitrogen and oxygen atoms in total. The Kier molecular flexibility index (Phi) is 4.48. The Morgan fingerprint density at radius 2 is 2.28 bits per heavy atom. The first-order valence-corrected chi connectivity index (χ1v) is 4.88. The second kappa shape index (κ2) is 5.67. The van der Waals surface area contributed by atoms with Crippen LogP contribution in [0.15, 0.2) is 9.68 Å². The van der Waals surface area contributed by atoms with Crippen molar-refractivity contribution in [1.29, 1.82) is 0 Å². The van der Waals surface area contributed by atoms with Crippen LogP contribution in [-0.2, 0) is 6.54 Å². The molecule has 0 saturated carbocycles. The van der Waals surface area contributed by atoms with Crippen molar-refractivity contribution in [3.05, 3.63) is 11.7 Å². The number of rotatable bonds is 5. The molecule has 18 heavy (non-hydrogen) atoms. The van der Waals surface area contributed by atoms with E-state index in [0.29, 0.717) is 5.82 Å². The number of hydrogen-bond acceptors (Lipinski definition) is 6. The minimum atomic E-state index is -4.60. The van der Waals surface area contributed by atoms with E-state index >= 15 is 0 Å². The van der Waals surface area contributed by atoms with Gasteiger partial charge in [0.1, 0.15) is 5.92 Å². The lowest BCUT2D eigenvalue weighted by Crippen LogP contribution is -2.42. The number of alkyl halides is 3. The Balaban J connectivity index is 2.53. The third-order valence-electron chi connectivity index (χ3n) is 2.06. The van der Waals surface area contributed by atoms with Gasteiger partial charge in [0, 0.05) is 6.54 Å². The summed E-state index contributed by atoms with van der Waals surface area (Å²) in [6.07, 6.45) is -4.60. The van der Waals surface area contributed by atoms with Gasteiger partial charge in [0.2, 0.25) is 5.89 Å². The first-order chi connectivity index (χ1) is 8.34. The van der Waals surface area contributed by atoms with Crippen LogP contribution in [0.1, 0.15) is 11.7 Å². The van der Waals surface area contributed by atoms with Gasteiger partial charge < -0.3 is 20.8 Å². The highest BCUT2D eigenvalue weighted by Crippen LogP contribution is 2.25. The first-order valence-electron chi connectivity index (χ1n) is 4.88. The Bertz CT molecular complexity index is 417. The number of oxime groups is 1. The summed E-state index contributed by atoms with van der Waals surface area (Å²) in [5, 5.41) is 16.6. The third-order valence-corrected chi connectivity index (χ3v) is 2.06. The topological polar surface area (TPSA) is 110 Å². The van der Waals surface area contributed by atoms with Crippen LogP contribution in [0.4, 0.5) is 13.2 Å². The van der Waals surface area contributed by atoms with Gasteiger partial charge in [-0.25, -0.2) is 0 Å². The maximum Gasteiger partial charge on any atom is 0.400 e. The molecule has 0 aromatic carbocycles. The van der Waals surface area contributed by atoms with E-state index in [1.54, 1.807) is 6.92 Å². The molecule has 4 N–H and O–H groups in total. The molecule has 102 valence electrons. The molecule has 10 heteroatoms. The third kappa shape index (κ3) is 3.87. The predicted molar refractivity (Wildman–Crippen MR) is 53.7 cm³/mol. The van der Waals surface area contributed by atoms with Gasteiger partial charge in [-0.2, -0.15) is 18.2 Å². The normalized spacial score (nSPS) is 14.8. The van der Waals surface area contributed by atoms with E-state index in [0.717, 1.165) is 0 Å². The molecule has 0 aliphatic heterocycles. The molecule has 0 radical (unpaired) electrons. The molecule has 1 atom stereocenters. The van der Waals surface area contributed by atoms with Gasteiger partial charge >= 0.3 is 6.18 Å². The molecule has 1 aromatic heterocycles. The average molecular weight is 267 g/mol. The summed E-state index contributed by atoms with van der Waals surface area (Å²) >= 11 is 0. The van der Waals surface area contributed by atoms with Crippen molar-refractivity contribution in [1.82, 2.24) is 15.5 Å². The maximum absolute atomic E-state index is 12.5. The maximum atomic E-state index is 12.5. The fourth-order valence-electron chi connectivity index (χ4n) is 1.19. The molecule has 1 unspecified atom stereocenters. The number of amidine groups is 1. The summed E-state index contributed by atoms with van der Waals surface area (Å²) in [4.78, 5) is 3.80. The van der Waals surface area contributed by atoms with Crippen LogP contribution in [0.3, 0.4) is 0 Å². The summed E-state index contributed by atoms with van der Waals surface area (Å²) in [6, 6.07) is 0. The monoisotopic (exact) mass is 267 g/mol. The van der Waals surface area contributed by atoms with Crippen molar-refractivity contribution in [2.45, 2.75) is 19.6 Å². The van der Waals surface area contributed by atoms with Gasteiger partial charge in [-0.15, -0.1) is 0 Å². The molecule has 0 aliphatic carbocycles. The summed E-state index contributed by atoms with van der Waals surface area (Å²) in [7, 11) is 0. The van der Waals surface area contributed by atoms with Crippen molar-refractivity contribution >= 4 is 5.84 Å². The lowest BCUT2D eigenvalue weighted by molar-refractivity contribution is -0.155. The largest absolute Gasteiger partial charge is 0.409 e. The highest BCUT2D eigenvalue weighted by atomic mass is 19.4. The summed E-state index contributed by atoms with van der Waals surface area (Å²) in [5.74, 6) is -2.44. The minimum Gasteiger partial charge on any atom is -0.409 e. The summed E-state index contributed by atoms with van der Waals surface area (Å²) in [6.45, 7) is 0.995. The van der Waals surface area contributed by atoms with Crippen molar-refractivity contribution in [3.8, 4) is 0 Å². The van der Waals surface area contributed by atoms with Gasteiger partial charge in [0.25, 0.3) is 0 Å². The van der Waals surface area contributed by atoms with Crippen molar-refractivity contribution in [2.24, 2.45) is 16.8 Å². The van der Waals surface area contributed by atoms with Gasteiger partial charge in [-0.05, 0) is 6.92 Å². The molecule has 1 rings (SSSR count). The van der Waals surface area contributed by atoms with Crippen LogP contribution >= 0.6 is 0 Å². The highest BCUT2D eigenvalue weighted by Gasteiger charge is 2.42. The molecule has 0 aliphatic rings. The number of nitrogens with one attached hydrogen (secondary N) is 1. The first kappa shape index (κ1) is 14.2. The molecule has 0 fully saturated rings. The molecular weight excluding hydrogens is 255 g/mol. The van der Waals surface area contributed by atoms with E-state index in [1.165, 1.54) is 0 Å². The van der Waals surface area contributed by atoms with E-state index in [1.807, 2.05) is 0 Å². The van der Waals surface area contributed by atoms with Crippen LogP contribution in [0.2, 0.25) is 0 Å². The lowest BCUT2D eigenvalue weighted by atomic mass is 10.1. The van der Waals surface area contributed by atoms with Crippen LogP contribution in [0.5, 0.6) is 0 Å². The zero-order chi connectivity index (χ0) is 13.8. The van der Waals surface area contributed by atoms with E-state index < -0.39 is 24.5 Å². The van der Waals surface area contributed by atoms with Gasteiger partial charge in [-0.3, -0.25) is 0 Å². The number of nitrogens with zero attached hydrogens (tertiary/aromatic N) is 3. The molecule has 1 heterocycles. The van der Waals surface area contributed by atoms with E-state index in [-0.39, 0.29) is 12.4 Å². The SMILES string of the molecule is Cc1noc(CNCC(C(N)=NO)C(F)(F)F)n1. The van der Waals surface area contributed by atoms with Gasteiger partial charge in [0.05, 0.1) is 6.54 Å². The van der Waals surface area contributed by atoms with E-state index in [9.17, 15) is 13.2 Å². The fraction of sp³-hybridized carbons (Fsp3) is 0.625. The number of aryl methyl sites for hydroxylation is 1. The second-order valence-corrected chi connectivity index (χ2v) is 3.49. The molecular formula is C8H12F3N5O2. The standard InChI is InChI=1S/C8H12F3N5O2/c1-4-14-6(18-16-4)3-13-2-5(7(12)15-17)8(9,10)11/h5,13,17H,2-3H2,1H3,(H2,12,15).